The third kappa shape index (κ3) is 3.00. The Morgan fingerprint density at radius 2 is 2.07 bits per heavy atom. The molecule has 2 nitrogen and oxygen atoms in total. The van der Waals surface area contributed by atoms with Crippen molar-refractivity contribution < 1.29 is 5.11 Å². The molecule has 0 aliphatic carbocycles. The quantitative estimate of drug-likeness (QED) is 0.873. The molecule has 2 N–H and O–H groups in total. The maximum atomic E-state index is 9.14. The topological polar surface area (TPSA) is 32.3 Å². The van der Waals surface area contributed by atoms with Crippen molar-refractivity contribution in [3.8, 4) is 0 Å². The Balaban J connectivity index is 2.91. The summed E-state index contributed by atoms with van der Waals surface area (Å²) in [5.74, 6) is 0. The standard InChI is InChI=1S/C11H16BrNO/c1-8-4-5-9(12)6-10(8)13-11(2,3)7-14/h4-6,13-14H,7H2,1-3H3. The molecule has 0 saturated carbocycles. The second-order valence-electron chi connectivity index (χ2n) is 4.13. The van der Waals surface area contributed by atoms with Crippen molar-refractivity contribution >= 4 is 21.6 Å². The molecule has 0 bridgehead atoms. The number of nitrogens with one attached hydrogen (secondary N) is 1. The van der Waals surface area contributed by atoms with Crippen LogP contribution in [0.2, 0.25) is 0 Å². The molecule has 78 valence electrons. The minimum Gasteiger partial charge on any atom is -0.394 e. The highest BCUT2D eigenvalue weighted by Crippen LogP contribution is 2.23. The lowest BCUT2D eigenvalue weighted by Gasteiger charge is -2.26. The van der Waals surface area contributed by atoms with Gasteiger partial charge in [-0.15, -0.1) is 0 Å². The molecule has 0 aromatic heterocycles. The van der Waals surface area contributed by atoms with Gasteiger partial charge in [0.1, 0.15) is 0 Å². The summed E-state index contributed by atoms with van der Waals surface area (Å²) in [5.41, 5.74) is 1.94. The molecule has 0 spiro atoms. The number of anilines is 1. The summed E-state index contributed by atoms with van der Waals surface area (Å²) < 4.78 is 1.04. The average molecular weight is 258 g/mol. The van der Waals surface area contributed by atoms with Crippen LogP contribution in [-0.2, 0) is 0 Å². The lowest BCUT2D eigenvalue weighted by atomic mass is 10.1. The first kappa shape index (κ1) is 11.5. The Bertz CT molecular complexity index is 323. The van der Waals surface area contributed by atoms with Crippen molar-refractivity contribution in [2.75, 3.05) is 11.9 Å². The summed E-state index contributed by atoms with van der Waals surface area (Å²) in [7, 11) is 0. The van der Waals surface area contributed by atoms with Gasteiger partial charge in [0.05, 0.1) is 12.1 Å². The Labute approximate surface area is 93.5 Å². The number of halogens is 1. The monoisotopic (exact) mass is 257 g/mol. The van der Waals surface area contributed by atoms with E-state index >= 15 is 0 Å². The normalized spacial score (nSPS) is 11.5. The Hall–Kier alpha value is -0.540. The highest BCUT2D eigenvalue weighted by atomic mass is 79.9. The van der Waals surface area contributed by atoms with Gasteiger partial charge in [-0.1, -0.05) is 22.0 Å². The predicted molar refractivity (Wildman–Crippen MR) is 63.7 cm³/mol. The van der Waals surface area contributed by atoms with Crippen molar-refractivity contribution in [3.63, 3.8) is 0 Å². The molecule has 1 rings (SSSR count). The largest absolute Gasteiger partial charge is 0.394 e. The minimum atomic E-state index is -0.286. The number of aliphatic hydroxyl groups excluding tert-OH is 1. The van der Waals surface area contributed by atoms with Gasteiger partial charge in [0.2, 0.25) is 0 Å². The molecule has 14 heavy (non-hydrogen) atoms. The molecule has 0 heterocycles. The lowest BCUT2D eigenvalue weighted by molar-refractivity contribution is 0.234. The van der Waals surface area contributed by atoms with Crippen LogP contribution in [-0.4, -0.2) is 17.3 Å². The molecule has 0 unspecified atom stereocenters. The Kier molecular flexibility index (Phi) is 3.56. The molecule has 0 saturated heterocycles. The van der Waals surface area contributed by atoms with E-state index in [-0.39, 0.29) is 12.1 Å². The van der Waals surface area contributed by atoms with E-state index in [1.165, 1.54) is 5.56 Å². The Morgan fingerprint density at radius 1 is 1.43 bits per heavy atom. The molecular weight excluding hydrogens is 242 g/mol. The Morgan fingerprint density at radius 3 is 2.64 bits per heavy atom. The van der Waals surface area contributed by atoms with Crippen LogP contribution in [0.25, 0.3) is 0 Å². The summed E-state index contributed by atoms with van der Waals surface area (Å²) >= 11 is 3.42. The minimum absolute atomic E-state index is 0.110. The van der Waals surface area contributed by atoms with Crippen molar-refractivity contribution in [3.05, 3.63) is 28.2 Å². The summed E-state index contributed by atoms with van der Waals surface area (Å²) in [6, 6.07) is 6.07. The molecular formula is C11H16BrNO. The van der Waals surface area contributed by atoms with Gasteiger partial charge in [-0.3, -0.25) is 0 Å². The fourth-order valence-corrected chi connectivity index (χ4v) is 1.49. The first-order valence-electron chi connectivity index (χ1n) is 4.60. The molecule has 0 radical (unpaired) electrons. The second kappa shape index (κ2) is 4.32. The van der Waals surface area contributed by atoms with Gasteiger partial charge in [0.25, 0.3) is 0 Å². The molecule has 0 aliphatic rings. The number of hydrogen-bond donors (Lipinski definition) is 2. The van der Waals surface area contributed by atoms with E-state index in [2.05, 4.69) is 21.2 Å². The number of hydrogen-bond acceptors (Lipinski definition) is 2. The zero-order valence-corrected chi connectivity index (χ0v) is 10.4. The summed E-state index contributed by atoms with van der Waals surface area (Å²) in [6.07, 6.45) is 0. The highest BCUT2D eigenvalue weighted by Gasteiger charge is 2.16. The molecule has 3 heteroatoms. The summed E-state index contributed by atoms with van der Waals surface area (Å²) in [6.45, 7) is 6.09. The first-order valence-corrected chi connectivity index (χ1v) is 5.39. The third-order valence-corrected chi connectivity index (χ3v) is 2.56. The predicted octanol–water partition coefficient (Wildman–Crippen LogP) is 2.94. The zero-order valence-electron chi connectivity index (χ0n) is 8.76. The molecule has 0 aliphatic heterocycles. The number of rotatable bonds is 3. The second-order valence-corrected chi connectivity index (χ2v) is 5.04. The SMILES string of the molecule is Cc1ccc(Br)cc1NC(C)(C)CO. The van der Waals surface area contributed by atoms with E-state index in [0.717, 1.165) is 10.2 Å². The van der Waals surface area contributed by atoms with Crippen LogP contribution < -0.4 is 5.32 Å². The van der Waals surface area contributed by atoms with Gasteiger partial charge in [-0.2, -0.15) is 0 Å². The van der Waals surface area contributed by atoms with E-state index in [0.29, 0.717) is 0 Å². The van der Waals surface area contributed by atoms with Crippen LogP contribution in [0.4, 0.5) is 5.69 Å². The molecule has 0 atom stereocenters. The van der Waals surface area contributed by atoms with Crippen molar-refractivity contribution in [2.24, 2.45) is 0 Å². The van der Waals surface area contributed by atoms with Crippen LogP contribution in [0.3, 0.4) is 0 Å². The van der Waals surface area contributed by atoms with Crippen LogP contribution in [0.15, 0.2) is 22.7 Å². The van der Waals surface area contributed by atoms with Crippen LogP contribution in [0, 0.1) is 6.92 Å². The van der Waals surface area contributed by atoms with Crippen LogP contribution in [0.1, 0.15) is 19.4 Å². The third-order valence-electron chi connectivity index (χ3n) is 2.07. The fraction of sp³-hybridized carbons (Fsp3) is 0.455. The van der Waals surface area contributed by atoms with Gasteiger partial charge >= 0.3 is 0 Å². The van der Waals surface area contributed by atoms with E-state index in [9.17, 15) is 0 Å². The van der Waals surface area contributed by atoms with E-state index < -0.39 is 0 Å². The van der Waals surface area contributed by atoms with E-state index in [1.54, 1.807) is 0 Å². The van der Waals surface area contributed by atoms with Crippen molar-refractivity contribution in [1.29, 1.82) is 0 Å². The van der Waals surface area contributed by atoms with Gasteiger partial charge in [0.15, 0.2) is 0 Å². The van der Waals surface area contributed by atoms with Gasteiger partial charge < -0.3 is 10.4 Å². The molecule has 0 fully saturated rings. The highest BCUT2D eigenvalue weighted by molar-refractivity contribution is 9.10. The van der Waals surface area contributed by atoms with Gasteiger partial charge in [0, 0.05) is 10.2 Å². The number of benzene rings is 1. The number of aryl methyl sites for hydroxylation is 1. The maximum absolute atomic E-state index is 9.14. The molecule has 0 amide bonds. The summed E-state index contributed by atoms with van der Waals surface area (Å²) in [5, 5.41) is 12.4. The fourth-order valence-electron chi connectivity index (χ4n) is 1.13. The lowest BCUT2D eigenvalue weighted by Crippen LogP contribution is -2.35. The maximum Gasteiger partial charge on any atom is 0.0656 e. The van der Waals surface area contributed by atoms with E-state index in [4.69, 9.17) is 5.11 Å². The first-order chi connectivity index (χ1) is 6.44. The van der Waals surface area contributed by atoms with Gasteiger partial charge in [-0.25, -0.2) is 0 Å². The smallest absolute Gasteiger partial charge is 0.0656 e. The van der Waals surface area contributed by atoms with Crippen molar-refractivity contribution in [1.82, 2.24) is 0 Å². The van der Waals surface area contributed by atoms with Gasteiger partial charge in [-0.05, 0) is 38.5 Å². The van der Waals surface area contributed by atoms with Crippen LogP contribution >= 0.6 is 15.9 Å². The zero-order chi connectivity index (χ0) is 10.8. The van der Waals surface area contributed by atoms with Crippen LogP contribution in [0.5, 0.6) is 0 Å². The van der Waals surface area contributed by atoms with E-state index in [1.807, 2.05) is 39.0 Å². The average Bonchev–Trinajstić information content (AvgIpc) is 2.11. The number of aliphatic hydroxyl groups is 1. The molecule has 1 aromatic rings. The van der Waals surface area contributed by atoms with Crippen molar-refractivity contribution in [2.45, 2.75) is 26.3 Å². The summed E-state index contributed by atoms with van der Waals surface area (Å²) in [4.78, 5) is 0. The molecule has 1 aromatic carbocycles.